The van der Waals surface area contributed by atoms with Crippen molar-refractivity contribution < 1.29 is 4.74 Å². The van der Waals surface area contributed by atoms with Crippen LogP contribution in [0.4, 0.5) is 0 Å². The highest BCUT2D eigenvalue weighted by Crippen LogP contribution is 2.28. The largest absolute Gasteiger partial charge is 0.439 e. The van der Waals surface area contributed by atoms with Crippen molar-refractivity contribution in [2.45, 2.75) is 12.1 Å². The van der Waals surface area contributed by atoms with Crippen LogP contribution in [0.1, 0.15) is 5.56 Å². The summed E-state index contributed by atoms with van der Waals surface area (Å²) in [5.74, 6) is 1.06. The minimum atomic E-state index is 0.351. The molecule has 0 radical (unpaired) electrons. The van der Waals surface area contributed by atoms with Gasteiger partial charge in [0.2, 0.25) is 5.88 Å². The van der Waals surface area contributed by atoms with Gasteiger partial charge < -0.3 is 4.74 Å². The summed E-state index contributed by atoms with van der Waals surface area (Å²) in [5.41, 5.74) is 0.972. The second-order valence-electron chi connectivity index (χ2n) is 3.53. The van der Waals surface area contributed by atoms with Gasteiger partial charge in [0, 0.05) is 11.1 Å². The smallest absolute Gasteiger partial charge is 0.224 e. The Morgan fingerprint density at radius 2 is 1.94 bits per heavy atom. The van der Waals surface area contributed by atoms with Crippen LogP contribution in [0, 0.1) is 6.92 Å². The summed E-state index contributed by atoms with van der Waals surface area (Å²) < 4.78 is 5.68. The van der Waals surface area contributed by atoms with E-state index in [1.807, 2.05) is 25.3 Å². The SMILES string of the molecule is CSc1nc(Cl)cc(Oc2cc(Cl)ccc2C)n1. The molecule has 1 aromatic heterocycles. The maximum Gasteiger partial charge on any atom is 0.224 e. The molecular formula is C12H10Cl2N2OS. The number of hydrogen-bond donors (Lipinski definition) is 0. The van der Waals surface area contributed by atoms with Crippen molar-refractivity contribution >= 4 is 35.0 Å². The van der Waals surface area contributed by atoms with E-state index in [1.54, 1.807) is 12.1 Å². The third-order valence-corrected chi connectivity index (χ3v) is 3.17. The summed E-state index contributed by atoms with van der Waals surface area (Å²) in [6.07, 6.45) is 1.88. The van der Waals surface area contributed by atoms with Gasteiger partial charge in [-0.2, -0.15) is 4.98 Å². The van der Waals surface area contributed by atoms with E-state index in [4.69, 9.17) is 27.9 Å². The highest BCUT2D eigenvalue weighted by molar-refractivity contribution is 7.98. The zero-order valence-corrected chi connectivity index (χ0v) is 12.1. The van der Waals surface area contributed by atoms with Crippen LogP contribution in [-0.2, 0) is 0 Å². The number of hydrogen-bond acceptors (Lipinski definition) is 4. The highest BCUT2D eigenvalue weighted by Gasteiger charge is 2.07. The summed E-state index contributed by atoms with van der Waals surface area (Å²) in [5, 5.41) is 1.53. The summed E-state index contributed by atoms with van der Waals surface area (Å²) in [6, 6.07) is 7.01. The molecule has 0 saturated carbocycles. The number of aromatic nitrogens is 2. The lowest BCUT2D eigenvalue weighted by Crippen LogP contribution is -1.94. The van der Waals surface area contributed by atoms with E-state index in [0.717, 1.165) is 5.56 Å². The molecule has 1 heterocycles. The summed E-state index contributed by atoms with van der Waals surface area (Å²) in [6.45, 7) is 1.93. The molecule has 2 aromatic rings. The first-order valence-electron chi connectivity index (χ1n) is 5.11. The van der Waals surface area contributed by atoms with Gasteiger partial charge in [-0.1, -0.05) is 41.0 Å². The summed E-state index contributed by atoms with van der Waals surface area (Å²) >= 11 is 13.2. The van der Waals surface area contributed by atoms with Gasteiger partial charge in [-0.3, -0.25) is 0 Å². The number of benzene rings is 1. The average molecular weight is 301 g/mol. The van der Waals surface area contributed by atoms with Crippen LogP contribution >= 0.6 is 35.0 Å². The highest BCUT2D eigenvalue weighted by atomic mass is 35.5. The Bertz CT molecular complexity index is 578. The number of aryl methyl sites for hydroxylation is 1. The number of nitrogens with zero attached hydrogens (tertiary/aromatic N) is 2. The Kier molecular flexibility index (Phi) is 4.32. The van der Waals surface area contributed by atoms with Crippen LogP contribution in [0.5, 0.6) is 11.6 Å². The molecule has 0 atom stereocenters. The molecule has 1 aromatic carbocycles. The molecule has 0 aliphatic carbocycles. The predicted octanol–water partition coefficient (Wildman–Crippen LogP) is 4.61. The summed E-state index contributed by atoms with van der Waals surface area (Å²) in [4.78, 5) is 8.27. The minimum absolute atomic E-state index is 0.351. The maximum atomic E-state index is 5.93. The molecule has 6 heteroatoms. The summed E-state index contributed by atoms with van der Waals surface area (Å²) in [7, 11) is 0. The number of ether oxygens (including phenoxy) is 1. The van der Waals surface area contributed by atoms with Gasteiger partial charge in [0.25, 0.3) is 0 Å². The third kappa shape index (κ3) is 3.28. The van der Waals surface area contributed by atoms with Crippen LogP contribution in [0.2, 0.25) is 10.2 Å². The van der Waals surface area contributed by atoms with Gasteiger partial charge in [-0.15, -0.1) is 0 Å². The zero-order valence-electron chi connectivity index (χ0n) is 9.78. The van der Waals surface area contributed by atoms with E-state index < -0.39 is 0 Å². The van der Waals surface area contributed by atoms with Gasteiger partial charge in [0.15, 0.2) is 5.16 Å². The lowest BCUT2D eigenvalue weighted by Gasteiger charge is -2.09. The molecule has 0 N–H and O–H groups in total. The molecule has 0 aliphatic heterocycles. The fourth-order valence-electron chi connectivity index (χ4n) is 1.32. The molecule has 0 amide bonds. The average Bonchev–Trinajstić information content (AvgIpc) is 2.33. The lowest BCUT2D eigenvalue weighted by molar-refractivity contribution is 0.452. The zero-order chi connectivity index (χ0) is 13.1. The first-order chi connectivity index (χ1) is 8.58. The van der Waals surface area contributed by atoms with E-state index in [9.17, 15) is 0 Å². The van der Waals surface area contributed by atoms with E-state index in [2.05, 4.69) is 9.97 Å². The number of thioether (sulfide) groups is 1. The molecule has 0 fully saturated rings. The molecule has 0 saturated heterocycles. The molecule has 0 unspecified atom stereocenters. The van der Waals surface area contributed by atoms with Crippen LogP contribution in [0.25, 0.3) is 0 Å². The van der Waals surface area contributed by atoms with E-state index >= 15 is 0 Å². The first kappa shape index (κ1) is 13.5. The lowest BCUT2D eigenvalue weighted by atomic mass is 10.2. The molecule has 0 spiro atoms. The molecular weight excluding hydrogens is 291 g/mol. The number of halogens is 2. The Balaban J connectivity index is 2.33. The molecule has 94 valence electrons. The van der Waals surface area contributed by atoms with Crippen molar-refractivity contribution in [3.05, 3.63) is 40.0 Å². The fraction of sp³-hybridized carbons (Fsp3) is 0.167. The second-order valence-corrected chi connectivity index (χ2v) is 5.12. The third-order valence-electron chi connectivity index (χ3n) is 2.20. The van der Waals surface area contributed by atoms with Gasteiger partial charge in [-0.05, 0) is 30.9 Å². The van der Waals surface area contributed by atoms with Crippen molar-refractivity contribution in [2.75, 3.05) is 6.26 Å². The Morgan fingerprint density at radius 3 is 2.67 bits per heavy atom. The van der Waals surface area contributed by atoms with E-state index in [0.29, 0.717) is 27.0 Å². The molecule has 3 nitrogen and oxygen atoms in total. The van der Waals surface area contributed by atoms with E-state index in [1.165, 1.54) is 11.8 Å². The molecule has 2 rings (SSSR count). The normalized spacial score (nSPS) is 10.4. The van der Waals surface area contributed by atoms with Crippen LogP contribution in [0.15, 0.2) is 29.4 Å². The van der Waals surface area contributed by atoms with Crippen molar-refractivity contribution in [3.63, 3.8) is 0 Å². The maximum absolute atomic E-state index is 5.93. The first-order valence-corrected chi connectivity index (χ1v) is 7.09. The van der Waals surface area contributed by atoms with Crippen LogP contribution < -0.4 is 4.74 Å². The standard InChI is InChI=1S/C12H10Cl2N2OS/c1-7-3-4-8(13)5-9(7)17-11-6-10(14)15-12(16-11)18-2/h3-6H,1-2H3. The molecule has 18 heavy (non-hydrogen) atoms. The van der Waals surface area contributed by atoms with Crippen molar-refractivity contribution in [1.29, 1.82) is 0 Å². The fourth-order valence-corrected chi connectivity index (χ4v) is 2.07. The van der Waals surface area contributed by atoms with Crippen LogP contribution in [0.3, 0.4) is 0 Å². The van der Waals surface area contributed by atoms with Crippen LogP contribution in [-0.4, -0.2) is 16.2 Å². The molecule has 0 aliphatic rings. The van der Waals surface area contributed by atoms with Gasteiger partial charge in [0.05, 0.1) is 0 Å². The minimum Gasteiger partial charge on any atom is -0.439 e. The van der Waals surface area contributed by atoms with Gasteiger partial charge in [-0.25, -0.2) is 4.98 Å². The van der Waals surface area contributed by atoms with Gasteiger partial charge >= 0.3 is 0 Å². The van der Waals surface area contributed by atoms with Crippen molar-refractivity contribution in [3.8, 4) is 11.6 Å². The monoisotopic (exact) mass is 300 g/mol. The Labute approximate surface area is 120 Å². The quantitative estimate of drug-likeness (QED) is 0.471. The van der Waals surface area contributed by atoms with E-state index in [-0.39, 0.29) is 0 Å². The Morgan fingerprint density at radius 1 is 1.17 bits per heavy atom. The number of rotatable bonds is 3. The van der Waals surface area contributed by atoms with Gasteiger partial charge in [0.1, 0.15) is 10.9 Å². The second kappa shape index (κ2) is 5.78. The molecule has 0 bridgehead atoms. The Hall–Kier alpha value is -0.970. The topological polar surface area (TPSA) is 35.0 Å². The predicted molar refractivity (Wildman–Crippen MR) is 75.1 cm³/mol. The van der Waals surface area contributed by atoms with Crippen molar-refractivity contribution in [1.82, 2.24) is 9.97 Å². The van der Waals surface area contributed by atoms with Crippen molar-refractivity contribution in [2.24, 2.45) is 0 Å².